The fraction of sp³-hybridized carbons (Fsp3) is 0.235. The van der Waals surface area contributed by atoms with Crippen LogP contribution in [0.1, 0.15) is 11.1 Å². The van der Waals surface area contributed by atoms with E-state index in [9.17, 15) is 4.39 Å². The lowest BCUT2D eigenvalue weighted by atomic mass is 10.1. The van der Waals surface area contributed by atoms with Crippen LogP contribution in [0.4, 0.5) is 10.1 Å². The van der Waals surface area contributed by atoms with Crippen molar-refractivity contribution < 1.29 is 9.13 Å². The van der Waals surface area contributed by atoms with Gasteiger partial charge in [0.05, 0.1) is 18.2 Å². The molecule has 0 amide bonds. The van der Waals surface area contributed by atoms with Crippen LogP contribution in [0.2, 0.25) is 0 Å². The molecule has 0 N–H and O–H groups in total. The second kappa shape index (κ2) is 5.45. The molecular weight excluding hydrogens is 267 g/mol. The summed E-state index contributed by atoms with van der Waals surface area (Å²) in [5.74, 6) is 0.536. The largest absolute Gasteiger partial charge is 0.488 e. The smallest absolute Gasteiger partial charge is 0.123 e. The van der Waals surface area contributed by atoms with Crippen molar-refractivity contribution in [3.63, 3.8) is 0 Å². The second-order valence-electron chi connectivity index (χ2n) is 5.24. The van der Waals surface area contributed by atoms with Crippen molar-refractivity contribution in [2.24, 2.45) is 0 Å². The summed E-state index contributed by atoms with van der Waals surface area (Å²) in [4.78, 5) is 2.05. The molecule has 0 saturated carbocycles. The Morgan fingerprint density at radius 2 is 2.19 bits per heavy atom. The van der Waals surface area contributed by atoms with Gasteiger partial charge < -0.3 is 9.64 Å². The van der Waals surface area contributed by atoms with E-state index in [2.05, 4.69) is 6.07 Å². The summed E-state index contributed by atoms with van der Waals surface area (Å²) in [7, 11) is 1.96. The molecule has 0 saturated heterocycles. The van der Waals surface area contributed by atoms with Crippen molar-refractivity contribution in [1.29, 1.82) is 5.26 Å². The molecule has 0 aliphatic carbocycles. The zero-order valence-electron chi connectivity index (χ0n) is 11.7. The summed E-state index contributed by atoms with van der Waals surface area (Å²) in [5.41, 5.74) is 2.52. The molecule has 4 heteroatoms. The van der Waals surface area contributed by atoms with Crippen LogP contribution in [0, 0.1) is 17.1 Å². The van der Waals surface area contributed by atoms with Crippen molar-refractivity contribution in [3.05, 3.63) is 59.4 Å². The fourth-order valence-electron chi connectivity index (χ4n) is 2.61. The van der Waals surface area contributed by atoms with Gasteiger partial charge in [-0.25, -0.2) is 4.39 Å². The molecule has 0 radical (unpaired) electrons. The van der Waals surface area contributed by atoms with E-state index in [1.54, 1.807) is 12.1 Å². The van der Waals surface area contributed by atoms with E-state index in [1.807, 2.05) is 30.1 Å². The second-order valence-corrected chi connectivity index (χ2v) is 5.24. The van der Waals surface area contributed by atoms with Crippen LogP contribution in [0.25, 0.3) is 0 Å². The summed E-state index contributed by atoms with van der Waals surface area (Å²) in [6, 6.07) is 14.2. The lowest BCUT2D eigenvalue weighted by molar-refractivity contribution is 0.239. The number of hydrogen-bond acceptors (Lipinski definition) is 3. The first-order valence-electron chi connectivity index (χ1n) is 6.82. The Morgan fingerprint density at radius 1 is 1.33 bits per heavy atom. The number of rotatable bonds is 3. The van der Waals surface area contributed by atoms with Crippen molar-refractivity contribution in [1.82, 2.24) is 0 Å². The van der Waals surface area contributed by atoms with Gasteiger partial charge in [0, 0.05) is 24.7 Å². The number of hydrogen-bond donors (Lipinski definition) is 0. The van der Waals surface area contributed by atoms with E-state index in [1.165, 1.54) is 12.1 Å². The number of ether oxygens (including phenoxy) is 1. The first-order chi connectivity index (χ1) is 10.2. The van der Waals surface area contributed by atoms with E-state index < -0.39 is 0 Å². The van der Waals surface area contributed by atoms with Crippen LogP contribution >= 0.6 is 0 Å². The van der Waals surface area contributed by atoms with Crippen LogP contribution in [-0.2, 0) is 6.42 Å². The van der Waals surface area contributed by atoms with Gasteiger partial charge >= 0.3 is 0 Å². The molecule has 0 aromatic heterocycles. The zero-order valence-corrected chi connectivity index (χ0v) is 11.7. The quantitative estimate of drug-likeness (QED) is 0.867. The Balaban J connectivity index is 1.69. The SMILES string of the molecule is CN(CC1Cc2cc(F)ccc2O1)c1cccc(C#N)c1. The lowest BCUT2D eigenvalue weighted by Crippen LogP contribution is -2.31. The first kappa shape index (κ1) is 13.4. The lowest BCUT2D eigenvalue weighted by Gasteiger charge is -2.23. The average Bonchev–Trinajstić information content (AvgIpc) is 2.88. The van der Waals surface area contributed by atoms with Crippen LogP contribution in [0.15, 0.2) is 42.5 Å². The van der Waals surface area contributed by atoms with Gasteiger partial charge in [0.1, 0.15) is 17.7 Å². The molecule has 3 nitrogen and oxygen atoms in total. The van der Waals surface area contributed by atoms with Crippen molar-refractivity contribution in [3.8, 4) is 11.8 Å². The van der Waals surface area contributed by atoms with Gasteiger partial charge in [-0.1, -0.05) is 6.07 Å². The Hall–Kier alpha value is -2.54. The van der Waals surface area contributed by atoms with Gasteiger partial charge in [-0.05, 0) is 36.4 Å². The molecule has 1 unspecified atom stereocenters. The fourth-order valence-corrected chi connectivity index (χ4v) is 2.61. The third-order valence-corrected chi connectivity index (χ3v) is 3.66. The number of likely N-dealkylation sites (N-methyl/N-ethyl adjacent to an activating group) is 1. The Labute approximate surface area is 123 Å². The Kier molecular flexibility index (Phi) is 3.49. The Bertz CT molecular complexity index is 708. The highest BCUT2D eigenvalue weighted by molar-refractivity contribution is 5.51. The number of fused-ring (bicyclic) bond motifs is 1. The molecule has 3 rings (SSSR count). The number of halogens is 1. The van der Waals surface area contributed by atoms with Crippen molar-refractivity contribution in [2.75, 3.05) is 18.5 Å². The molecule has 1 aliphatic heterocycles. The summed E-state index contributed by atoms with van der Waals surface area (Å²) in [6.45, 7) is 0.686. The Morgan fingerprint density at radius 3 is 3.00 bits per heavy atom. The van der Waals surface area contributed by atoms with Gasteiger partial charge in [-0.3, -0.25) is 0 Å². The molecule has 1 aliphatic rings. The van der Waals surface area contributed by atoms with Gasteiger partial charge in [0.15, 0.2) is 0 Å². The minimum Gasteiger partial charge on any atom is -0.488 e. The normalized spacial score (nSPS) is 16.0. The minimum absolute atomic E-state index is 0.00228. The maximum absolute atomic E-state index is 13.2. The van der Waals surface area contributed by atoms with Gasteiger partial charge in [0.25, 0.3) is 0 Å². The summed E-state index contributed by atoms with van der Waals surface area (Å²) in [6.07, 6.45) is 0.701. The first-order valence-corrected chi connectivity index (χ1v) is 6.82. The standard InChI is InChI=1S/C17H15FN2O/c1-20(15-4-2-3-12(7-15)10-19)11-16-9-13-8-14(18)5-6-17(13)21-16/h2-8,16H,9,11H2,1H3. The maximum Gasteiger partial charge on any atom is 0.123 e. The van der Waals surface area contributed by atoms with Crippen LogP contribution in [-0.4, -0.2) is 19.7 Å². The molecule has 1 atom stereocenters. The minimum atomic E-state index is -0.229. The van der Waals surface area contributed by atoms with Crippen LogP contribution in [0.5, 0.6) is 5.75 Å². The molecular formula is C17H15FN2O. The molecule has 21 heavy (non-hydrogen) atoms. The molecule has 0 bridgehead atoms. The van der Waals surface area contributed by atoms with Crippen LogP contribution in [0.3, 0.4) is 0 Å². The predicted molar refractivity (Wildman–Crippen MR) is 78.9 cm³/mol. The molecule has 0 fully saturated rings. The van der Waals surface area contributed by atoms with E-state index in [4.69, 9.17) is 10.00 Å². The van der Waals surface area contributed by atoms with Crippen molar-refractivity contribution in [2.45, 2.75) is 12.5 Å². The van der Waals surface area contributed by atoms with Gasteiger partial charge in [0.2, 0.25) is 0 Å². The van der Waals surface area contributed by atoms with Gasteiger partial charge in [-0.2, -0.15) is 5.26 Å². The van der Waals surface area contributed by atoms with E-state index in [0.717, 1.165) is 17.0 Å². The highest BCUT2D eigenvalue weighted by Crippen LogP contribution is 2.30. The topological polar surface area (TPSA) is 36.3 Å². The number of anilines is 1. The van der Waals surface area contributed by atoms with Crippen molar-refractivity contribution >= 4 is 5.69 Å². The maximum atomic E-state index is 13.2. The molecule has 106 valence electrons. The van der Waals surface area contributed by atoms with E-state index in [-0.39, 0.29) is 11.9 Å². The summed E-state index contributed by atoms with van der Waals surface area (Å²) >= 11 is 0. The summed E-state index contributed by atoms with van der Waals surface area (Å²) < 4.78 is 19.0. The highest BCUT2D eigenvalue weighted by Gasteiger charge is 2.24. The van der Waals surface area contributed by atoms with E-state index in [0.29, 0.717) is 18.5 Å². The van der Waals surface area contributed by atoms with Gasteiger partial charge in [-0.15, -0.1) is 0 Å². The number of nitrogens with zero attached hydrogens (tertiary/aromatic N) is 2. The highest BCUT2D eigenvalue weighted by atomic mass is 19.1. The zero-order chi connectivity index (χ0) is 14.8. The van der Waals surface area contributed by atoms with E-state index >= 15 is 0 Å². The third-order valence-electron chi connectivity index (χ3n) is 3.66. The monoisotopic (exact) mass is 282 g/mol. The summed E-state index contributed by atoms with van der Waals surface area (Å²) in [5, 5.41) is 8.94. The molecule has 2 aromatic rings. The number of benzene rings is 2. The number of nitriles is 1. The molecule has 1 heterocycles. The predicted octanol–water partition coefficient (Wildman–Crippen LogP) is 3.14. The molecule has 0 spiro atoms. The average molecular weight is 282 g/mol. The molecule has 2 aromatic carbocycles. The van der Waals surface area contributed by atoms with Crippen LogP contribution < -0.4 is 9.64 Å². The third kappa shape index (κ3) is 2.82.